The van der Waals surface area contributed by atoms with Crippen molar-refractivity contribution in [3.05, 3.63) is 59.7 Å². The third kappa shape index (κ3) is 3.86. The zero-order valence-corrected chi connectivity index (χ0v) is 16.8. The van der Waals surface area contributed by atoms with Gasteiger partial charge in [-0.05, 0) is 62.6 Å². The Hall–Kier alpha value is -2.34. The number of nitrogens with one attached hydrogen (secondary N) is 1. The first-order valence-electron chi connectivity index (χ1n) is 9.38. The van der Waals surface area contributed by atoms with E-state index >= 15 is 0 Å². The van der Waals surface area contributed by atoms with Crippen LogP contribution >= 0.6 is 0 Å². The van der Waals surface area contributed by atoms with Gasteiger partial charge in [0.1, 0.15) is 0 Å². The number of carbonyl (C=O) groups is 1. The average molecular weight is 387 g/mol. The van der Waals surface area contributed by atoms with E-state index in [1.165, 1.54) is 4.31 Å². The molecule has 1 aliphatic rings. The number of amides is 1. The van der Waals surface area contributed by atoms with Crippen LogP contribution in [0.3, 0.4) is 0 Å². The molecule has 0 saturated carbocycles. The molecular weight excluding hydrogens is 360 g/mol. The molecule has 2 aromatic carbocycles. The number of sulfonamides is 1. The van der Waals surface area contributed by atoms with Crippen LogP contribution in [0.25, 0.3) is 0 Å². The van der Waals surface area contributed by atoms with Crippen LogP contribution in [0.4, 0.5) is 5.69 Å². The predicted molar refractivity (Wildman–Crippen MR) is 108 cm³/mol. The predicted octanol–water partition coefficient (Wildman–Crippen LogP) is 3.74. The van der Waals surface area contributed by atoms with Crippen LogP contribution in [0.1, 0.15) is 49.5 Å². The molecule has 0 bridgehead atoms. The highest BCUT2D eigenvalue weighted by Crippen LogP contribution is 2.37. The Kier molecular flexibility index (Phi) is 5.56. The van der Waals surface area contributed by atoms with E-state index in [0.29, 0.717) is 17.7 Å². The van der Waals surface area contributed by atoms with Crippen molar-refractivity contribution < 1.29 is 13.2 Å². The van der Waals surface area contributed by atoms with Gasteiger partial charge in [-0.2, -0.15) is 0 Å². The van der Waals surface area contributed by atoms with Crippen LogP contribution in [-0.4, -0.2) is 26.4 Å². The van der Waals surface area contributed by atoms with E-state index in [1.807, 2.05) is 19.9 Å². The largest absolute Gasteiger partial charge is 0.350 e. The summed E-state index contributed by atoms with van der Waals surface area (Å²) in [5.74, 6) is -0.115. The SMILES string of the molecule is CCC[C@@H](C)NC(=O)c1ccc2c(c1)C[C@@H](C)N2S(=O)(=O)c1ccccc1. The minimum atomic E-state index is -3.63. The highest BCUT2D eigenvalue weighted by molar-refractivity contribution is 7.92. The van der Waals surface area contributed by atoms with Crippen molar-refractivity contribution in [3.8, 4) is 0 Å². The number of benzene rings is 2. The van der Waals surface area contributed by atoms with Crippen LogP contribution in [0.5, 0.6) is 0 Å². The number of fused-ring (bicyclic) bond motifs is 1. The first kappa shape index (κ1) is 19.4. The highest BCUT2D eigenvalue weighted by Gasteiger charge is 2.36. The normalized spacial score (nSPS) is 17.4. The number of anilines is 1. The highest BCUT2D eigenvalue weighted by atomic mass is 32.2. The lowest BCUT2D eigenvalue weighted by molar-refractivity contribution is 0.0938. The van der Waals surface area contributed by atoms with E-state index in [1.54, 1.807) is 42.5 Å². The van der Waals surface area contributed by atoms with Crippen molar-refractivity contribution in [2.75, 3.05) is 4.31 Å². The summed E-state index contributed by atoms with van der Waals surface area (Å²) in [4.78, 5) is 12.7. The summed E-state index contributed by atoms with van der Waals surface area (Å²) in [6.07, 6.45) is 2.53. The molecule has 0 spiro atoms. The number of carbonyl (C=O) groups excluding carboxylic acids is 1. The molecular formula is C21H26N2O3S. The second-order valence-corrected chi connectivity index (χ2v) is 8.99. The van der Waals surface area contributed by atoms with Crippen molar-refractivity contribution in [2.24, 2.45) is 0 Å². The number of hydrogen-bond acceptors (Lipinski definition) is 3. The van der Waals surface area contributed by atoms with E-state index in [2.05, 4.69) is 12.2 Å². The maximum absolute atomic E-state index is 13.1. The summed E-state index contributed by atoms with van der Waals surface area (Å²) >= 11 is 0. The smallest absolute Gasteiger partial charge is 0.264 e. The van der Waals surface area contributed by atoms with Gasteiger partial charge in [-0.15, -0.1) is 0 Å². The molecule has 144 valence electrons. The van der Waals surface area contributed by atoms with Crippen molar-refractivity contribution in [1.29, 1.82) is 0 Å². The van der Waals surface area contributed by atoms with Crippen LogP contribution in [0.15, 0.2) is 53.4 Å². The van der Waals surface area contributed by atoms with Crippen molar-refractivity contribution in [1.82, 2.24) is 5.32 Å². The molecule has 0 aliphatic carbocycles. The van der Waals surface area contributed by atoms with Gasteiger partial charge in [-0.25, -0.2) is 8.42 Å². The van der Waals surface area contributed by atoms with Gasteiger partial charge in [-0.3, -0.25) is 9.10 Å². The third-order valence-electron chi connectivity index (χ3n) is 4.89. The monoisotopic (exact) mass is 386 g/mol. The fourth-order valence-electron chi connectivity index (χ4n) is 3.63. The van der Waals surface area contributed by atoms with Crippen LogP contribution in [0.2, 0.25) is 0 Å². The Bertz CT molecular complexity index is 926. The molecule has 1 aliphatic heterocycles. The summed E-state index contributed by atoms with van der Waals surface area (Å²) in [5, 5.41) is 3.00. The molecule has 0 radical (unpaired) electrons. The molecule has 0 saturated heterocycles. The number of hydrogen-bond donors (Lipinski definition) is 1. The lowest BCUT2D eigenvalue weighted by atomic mass is 10.1. The number of nitrogens with zero attached hydrogens (tertiary/aromatic N) is 1. The maximum atomic E-state index is 13.1. The molecule has 0 aromatic heterocycles. The molecule has 1 amide bonds. The maximum Gasteiger partial charge on any atom is 0.264 e. The zero-order valence-electron chi connectivity index (χ0n) is 16.0. The molecule has 6 heteroatoms. The lowest BCUT2D eigenvalue weighted by Gasteiger charge is -2.24. The molecule has 0 unspecified atom stereocenters. The van der Waals surface area contributed by atoms with Gasteiger partial charge in [-0.1, -0.05) is 31.5 Å². The molecule has 27 heavy (non-hydrogen) atoms. The van der Waals surface area contributed by atoms with Gasteiger partial charge in [0.2, 0.25) is 0 Å². The minimum absolute atomic E-state index is 0.115. The summed E-state index contributed by atoms with van der Waals surface area (Å²) in [7, 11) is -3.63. The van der Waals surface area contributed by atoms with Gasteiger partial charge in [0, 0.05) is 17.6 Å². The first-order chi connectivity index (χ1) is 12.8. The van der Waals surface area contributed by atoms with E-state index in [0.717, 1.165) is 18.4 Å². The Labute approximate surface area is 161 Å². The van der Waals surface area contributed by atoms with Gasteiger partial charge < -0.3 is 5.32 Å². The lowest BCUT2D eigenvalue weighted by Crippen LogP contribution is -2.35. The summed E-state index contributed by atoms with van der Waals surface area (Å²) in [5.41, 5.74) is 2.12. The fraction of sp³-hybridized carbons (Fsp3) is 0.381. The Morgan fingerprint density at radius 3 is 2.59 bits per heavy atom. The third-order valence-corrected chi connectivity index (χ3v) is 6.84. The fourth-order valence-corrected chi connectivity index (χ4v) is 5.34. The van der Waals surface area contributed by atoms with Gasteiger partial charge >= 0.3 is 0 Å². The molecule has 2 atom stereocenters. The quantitative estimate of drug-likeness (QED) is 0.822. The van der Waals surface area contributed by atoms with E-state index in [4.69, 9.17) is 0 Å². The number of rotatable bonds is 6. The molecule has 1 N–H and O–H groups in total. The summed E-state index contributed by atoms with van der Waals surface area (Å²) in [6.45, 7) is 5.97. The topological polar surface area (TPSA) is 66.5 Å². The van der Waals surface area contributed by atoms with E-state index < -0.39 is 10.0 Å². The van der Waals surface area contributed by atoms with E-state index in [-0.39, 0.29) is 22.9 Å². The van der Waals surface area contributed by atoms with Gasteiger partial charge in [0.05, 0.1) is 10.6 Å². The van der Waals surface area contributed by atoms with Crippen molar-refractivity contribution in [3.63, 3.8) is 0 Å². The molecule has 1 heterocycles. The van der Waals surface area contributed by atoms with Crippen LogP contribution in [-0.2, 0) is 16.4 Å². The molecule has 3 rings (SSSR count). The Morgan fingerprint density at radius 1 is 1.22 bits per heavy atom. The zero-order chi connectivity index (χ0) is 19.6. The molecule has 0 fully saturated rings. The second kappa shape index (κ2) is 7.72. The second-order valence-electron chi connectivity index (χ2n) is 7.17. The van der Waals surface area contributed by atoms with Gasteiger partial charge in [0.15, 0.2) is 0 Å². The summed E-state index contributed by atoms with van der Waals surface area (Å²) < 4.78 is 27.7. The standard InChI is InChI=1S/C21H26N2O3S/c1-4-8-15(2)22-21(24)17-11-12-20-18(14-17)13-16(3)23(20)27(25,26)19-9-6-5-7-10-19/h5-7,9-12,14-16H,4,8,13H2,1-3H3,(H,22,24)/t15-,16-/m1/s1. The Morgan fingerprint density at radius 2 is 1.93 bits per heavy atom. The van der Waals surface area contributed by atoms with Crippen LogP contribution < -0.4 is 9.62 Å². The van der Waals surface area contributed by atoms with Crippen molar-refractivity contribution in [2.45, 2.75) is 57.0 Å². The van der Waals surface area contributed by atoms with Gasteiger partial charge in [0.25, 0.3) is 15.9 Å². The minimum Gasteiger partial charge on any atom is -0.350 e. The van der Waals surface area contributed by atoms with Crippen molar-refractivity contribution >= 4 is 21.6 Å². The summed E-state index contributed by atoms with van der Waals surface area (Å²) in [6, 6.07) is 13.7. The molecule has 2 aromatic rings. The van der Waals surface area contributed by atoms with Crippen LogP contribution in [0, 0.1) is 0 Å². The Balaban J connectivity index is 1.89. The molecule has 5 nitrogen and oxygen atoms in total. The van der Waals surface area contributed by atoms with E-state index in [9.17, 15) is 13.2 Å². The first-order valence-corrected chi connectivity index (χ1v) is 10.8. The average Bonchev–Trinajstić information content (AvgIpc) is 2.98.